The topological polar surface area (TPSA) is 26.3 Å². The van der Waals surface area contributed by atoms with Crippen molar-refractivity contribution >= 4 is 40.3 Å². The second-order valence-electron chi connectivity index (χ2n) is 4.48. The lowest BCUT2D eigenvalue weighted by atomic mass is 10.1. The van der Waals surface area contributed by atoms with Crippen LogP contribution in [-0.4, -0.2) is 19.0 Å². The Morgan fingerprint density at radius 1 is 1.21 bits per heavy atom. The maximum absolute atomic E-state index is 11.8. The molecular formula is C14H20Cl2O2S. The molecule has 0 saturated carbocycles. The molecule has 0 spiro atoms. The van der Waals surface area contributed by atoms with Gasteiger partial charge >= 0.3 is 0 Å². The van der Waals surface area contributed by atoms with E-state index in [1.165, 1.54) is 43.4 Å². The molecule has 0 fully saturated rings. The quantitative estimate of drug-likeness (QED) is 0.413. The number of Topliss-reactive ketones (excluding diaryl/α,β-unsaturated/α-hetero) is 1. The van der Waals surface area contributed by atoms with Crippen LogP contribution in [0.25, 0.3) is 0 Å². The van der Waals surface area contributed by atoms with E-state index in [1.54, 1.807) is 6.07 Å². The van der Waals surface area contributed by atoms with Gasteiger partial charge in [0.1, 0.15) is 10.9 Å². The highest BCUT2D eigenvalue weighted by Gasteiger charge is 2.13. The first-order chi connectivity index (χ1) is 9.15. The molecular weight excluding hydrogens is 303 g/mol. The Bertz CT molecular complexity index is 391. The summed E-state index contributed by atoms with van der Waals surface area (Å²) in [7, 11) is 0. The molecule has 0 radical (unpaired) electrons. The van der Waals surface area contributed by atoms with E-state index in [9.17, 15) is 4.79 Å². The van der Waals surface area contributed by atoms with Crippen LogP contribution in [0, 0.1) is 0 Å². The number of unbranched alkanes of at least 4 members (excludes halogenated alkanes) is 5. The molecule has 0 atom stereocenters. The van der Waals surface area contributed by atoms with Crippen LogP contribution in [0.3, 0.4) is 0 Å². The number of carbonyl (C=O) groups is 1. The summed E-state index contributed by atoms with van der Waals surface area (Å²) in [5.41, 5.74) is 0.472. The molecule has 0 aliphatic heterocycles. The van der Waals surface area contributed by atoms with Gasteiger partial charge in [-0.3, -0.25) is 4.79 Å². The first-order valence-electron chi connectivity index (χ1n) is 6.71. The lowest BCUT2D eigenvalue weighted by molar-refractivity contribution is 0.0753. The molecule has 108 valence electrons. The number of ether oxygens (including phenoxy) is 1. The van der Waals surface area contributed by atoms with Crippen LogP contribution in [0.15, 0.2) is 6.07 Å². The lowest BCUT2D eigenvalue weighted by Crippen LogP contribution is -2.09. The largest absolute Gasteiger partial charge is 0.373 e. The number of thiophene rings is 1. The molecule has 0 aliphatic carbocycles. The fraction of sp³-hybridized carbons (Fsp3) is 0.643. The minimum atomic E-state index is -0.0980. The van der Waals surface area contributed by atoms with Gasteiger partial charge < -0.3 is 4.74 Å². The molecule has 1 aromatic rings. The van der Waals surface area contributed by atoms with Crippen molar-refractivity contribution < 1.29 is 9.53 Å². The monoisotopic (exact) mass is 322 g/mol. The fourth-order valence-corrected chi connectivity index (χ4v) is 3.26. The molecule has 1 aromatic heterocycles. The highest BCUT2D eigenvalue weighted by molar-refractivity contribution is 7.20. The van der Waals surface area contributed by atoms with E-state index in [1.807, 2.05) is 0 Å². The van der Waals surface area contributed by atoms with E-state index in [4.69, 9.17) is 27.9 Å². The van der Waals surface area contributed by atoms with Gasteiger partial charge in [-0.25, -0.2) is 0 Å². The van der Waals surface area contributed by atoms with Crippen molar-refractivity contribution in [1.29, 1.82) is 0 Å². The molecule has 2 nitrogen and oxygen atoms in total. The highest BCUT2D eigenvalue weighted by atomic mass is 35.5. The minimum Gasteiger partial charge on any atom is -0.373 e. The van der Waals surface area contributed by atoms with Crippen molar-refractivity contribution in [3.63, 3.8) is 0 Å². The maximum atomic E-state index is 11.8. The Labute approximate surface area is 129 Å². The van der Waals surface area contributed by atoms with E-state index in [2.05, 4.69) is 6.92 Å². The third kappa shape index (κ3) is 6.75. The van der Waals surface area contributed by atoms with E-state index in [0.717, 1.165) is 6.42 Å². The average molecular weight is 323 g/mol. The summed E-state index contributed by atoms with van der Waals surface area (Å²) in [6.45, 7) is 2.92. The number of carbonyl (C=O) groups excluding carboxylic acids is 1. The van der Waals surface area contributed by atoms with Crippen LogP contribution < -0.4 is 0 Å². The van der Waals surface area contributed by atoms with E-state index >= 15 is 0 Å². The van der Waals surface area contributed by atoms with Crippen LogP contribution in [0.2, 0.25) is 8.67 Å². The zero-order valence-electron chi connectivity index (χ0n) is 11.2. The van der Waals surface area contributed by atoms with Gasteiger partial charge in [0.2, 0.25) is 0 Å². The highest BCUT2D eigenvalue weighted by Crippen LogP contribution is 2.31. The molecule has 1 heterocycles. The summed E-state index contributed by atoms with van der Waals surface area (Å²) in [5, 5.41) is 0. The normalized spacial score (nSPS) is 10.9. The SMILES string of the molecule is CCCCCCCCOCC(=O)c1cc(Cl)sc1Cl. The summed E-state index contributed by atoms with van der Waals surface area (Å²) in [6, 6.07) is 1.60. The van der Waals surface area contributed by atoms with Gasteiger partial charge in [0.05, 0.1) is 9.90 Å². The Morgan fingerprint density at radius 2 is 1.89 bits per heavy atom. The number of ketones is 1. The van der Waals surface area contributed by atoms with E-state index in [0.29, 0.717) is 20.8 Å². The van der Waals surface area contributed by atoms with Gasteiger partial charge in [0.15, 0.2) is 5.78 Å². The minimum absolute atomic E-state index is 0.0851. The third-order valence-electron chi connectivity index (χ3n) is 2.83. The van der Waals surface area contributed by atoms with Crippen LogP contribution in [0.5, 0.6) is 0 Å². The molecule has 5 heteroatoms. The molecule has 0 N–H and O–H groups in total. The lowest BCUT2D eigenvalue weighted by Gasteiger charge is -2.03. The molecule has 0 aromatic carbocycles. The van der Waals surface area contributed by atoms with Crippen LogP contribution in [-0.2, 0) is 4.74 Å². The second kappa shape index (κ2) is 9.76. The Morgan fingerprint density at radius 3 is 2.53 bits per heavy atom. The Hall–Kier alpha value is -0.0900. The zero-order valence-corrected chi connectivity index (χ0v) is 13.5. The van der Waals surface area contributed by atoms with Crippen molar-refractivity contribution in [2.24, 2.45) is 0 Å². The number of rotatable bonds is 10. The summed E-state index contributed by atoms with van der Waals surface area (Å²) >= 11 is 12.9. The van der Waals surface area contributed by atoms with Crippen LogP contribution in [0.1, 0.15) is 55.8 Å². The van der Waals surface area contributed by atoms with Gasteiger partial charge in [0.25, 0.3) is 0 Å². The van der Waals surface area contributed by atoms with Gasteiger partial charge in [-0.2, -0.15) is 0 Å². The average Bonchev–Trinajstić information content (AvgIpc) is 2.71. The molecule has 0 unspecified atom stereocenters. The summed E-state index contributed by atoms with van der Waals surface area (Å²) in [4.78, 5) is 11.8. The van der Waals surface area contributed by atoms with Crippen molar-refractivity contribution in [2.75, 3.05) is 13.2 Å². The van der Waals surface area contributed by atoms with Crippen molar-refractivity contribution in [2.45, 2.75) is 45.4 Å². The summed E-state index contributed by atoms with van der Waals surface area (Å²) in [6.07, 6.45) is 7.27. The summed E-state index contributed by atoms with van der Waals surface area (Å²) in [5.74, 6) is -0.0980. The smallest absolute Gasteiger partial charge is 0.190 e. The predicted molar refractivity (Wildman–Crippen MR) is 82.9 cm³/mol. The van der Waals surface area contributed by atoms with Crippen molar-refractivity contribution in [3.05, 3.63) is 20.3 Å². The van der Waals surface area contributed by atoms with E-state index < -0.39 is 0 Å². The number of hydrogen-bond donors (Lipinski definition) is 0. The van der Waals surface area contributed by atoms with Crippen LogP contribution >= 0.6 is 34.5 Å². The van der Waals surface area contributed by atoms with Crippen molar-refractivity contribution in [1.82, 2.24) is 0 Å². The molecule has 0 amide bonds. The molecule has 0 saturated heterocycles. The van der Waals surface area contributed by atoms with Gasteiger partial charge in [0, 0.05) is 6.61 Å². The summed E-state index contributed by atoms with van der Waals surface area (Å²) < 4.78 is 6.35. The van der Waals surface area contributed by atoms with Gasteiger partial charge in [-0.1, -0.05) is 62.2 Å². The Balaban J connectivity index is 2.09. The number of halogens is 2. The number of hydrogen-bond acceptors (Lipinski definition) is 3. The molecule has 0 aliphatic rings. The Kier molecular flexibility index (Phi) is 8.71. The fourth-order valence-electron chi connectivity index (χ4n) is 1.76. The second-order valence-corrected chi connectivity index (χ2v) is 6.77. The predicted octanol–water partition coefficient (Wildman–Crippen LogP) is 5.61. The molecule has 19 heavy (non-hydrogen) atoms. The first-order valence-corrected chi connectivity index (χ1v) is 8.28. The van der Waals surface area contributed by atoms with Crippen molar-refractivity contribution in [3.8, 4) is 0 Å². The molecule has 0 bridgehead atoms. The molecule has 1 rings (SSSR count). The first kappa shape index (κ1) is 17.0. The maximum Gasteiger partial charge on any atom is 0.190 e. The van der Waals surface area contributed by atoms with Crippen LogP contribution in [0.4, 0.5) is 0 Å². The standard InChI is InChI=1S/C14H20Cl2O2S/c1-2-3-4-5-6-7-8-18-10-12(17)11-9-13(15)19-14(11)16/h9H,2-8,10H2,1H3. The zero-order chi connectivity index (χ0) is 14.1. The van der Waals surface area contributed by atoms with Gasteiger partial charge in [-0.15, -0.1) is 11.3 Å². The van der Waals surface area contributed by atoms with Gasteiger partial charge in [-0.05, 0) is 12.5 Å². The third-order valence-corrected chi connectivity index (χ3v) is 4.32. The van der Waals surface area contributed by atoms with E-state index in [-0.39, 0.29) is 12.4 Å².